The molecule has 0 saturated carbocycles. The molecule has 0 aliphatic rings. The van der Waals surface area contributed by atoms with E-state index in [2.05, 4.69) is 50.4 Å². The number of hydrogen-bond donors (Lipinski definition) is 2. The van der Waals surface area contributed by atoms with Crippen molar-refractivity contribution in [1.29, 1.82) is 0 Å². The van der Waals surface area contributed by atoms with Gasteiger partial charge in [-0.2, -0.15) is 0 Å². The summed E-state index contributed by atoms with van der Waals surface area (Å²) in [7, 11) is 0. The quantitative estimate of drug-likeness (QED) is 0.708. The molecule has 1 amide bonds. The third-order valence-corrected chi connectivity index (χ3v) is 3.17. The molecular weight excluding hydrogens is 236 g/mol. The molecule has 0 radical (unpaired) electrons. The van der Waals surface area contributed by atoms with E-state index in [1.165, 1.54) is 11.1 Å². The molecule has 3 heteroatoms. The molecule has 0 aliphatic heterocycles. The van der Waals surface area contributed by atoms with E-state index in [1.54, 1.807) is 0 Å². The van der Waals surface area contributed by atoms with Crippen molar-refractivity contribution >= 4 is 5.91 Å². The lowest BCUT2D eigenvalue weighted by Crippen LogP contribution is -2.21. The normalized spacial score (nSPS) is 12.6. The van der Waals surface area contributed by atoms with Gasteiger partial charge in [0.2, 0.25) is 5.91 Å². The topological polar surface area (TPSA) is 55.1 Å². The van der Waals surface area contributed by atoms with E-state index < -0.39 is 0 Å². The fourth-order valence-corrected chi connectivity index (χ4v) is 2.11. The Hall–Kier alpha value is -1.35. The Morgan fingerprint density at radius 2 is 1.84 bits per heavy atom. The summed E-state index contributed by atoms with van der Waals surface area (Å²) in [4.78, 5) is 10.6. The smallest absolute Gasteiger partial charge is 0.217 e. The van der Waals surface area contributed by atoms with Crippen molar-refractivity contribution < 1.29 is 4.79 Å². The van der Waals surface area contributed by atoms with E-state index in [1.807, 2.05) is 0 Å². The minimum absolute atomic E-state index is 0.229. The van der Waals surface area contributed by atoms with E-state index in [4.69, 9.17) is 5.73 Å². The van der Waals surface area contributed by atoms with Gasteiger partial charge < -0.3 is 11.1 Å². The van der Waals surface area contributed by atoms with Crippen LogP contribution in [-0.4, -0.2) is 12.5 Å². The lowest BCUT2D eigenvalue weighted by atomic mass is 10.00. The first kappa shape index (κ1) is 15.7. The van der Waals surface area contributed by atoms with Crippen LogP contribution in [0.25, 0.3) is 0 Å². The van der Waals surface area contributed by atoms with E-state index in [0.29, 0.717) is 18.4 Å². The number of carbonyl (C=O) groups is 1. The minimum atomic E-state index is -0.229. The Kier molecular flexibility index (Phi) is 6.57. The highest BCUT2D eigenvalue weighted by Crippen LogP contribution is 2.15. The Labute approximate surface area is 116 Å². The van der Waals surface area contributed by atoms with Crippen LogP contribution in [0.3, 0.4) is 0 Å². The predicted molar refractivity (Wildman–Crippen MR) is 79.8 cm³/mol. The van der Waals surface area contributed by atoms with E-state index in [9.17, 15) is 4.79 Å². The van der Waals surface area contributed by atoms with Gasteiger partial charge in [0, 0.05) is 12.5 Å². The number of hydrogen-bond acceptors (Lipinski definition) is 2. The van der Waals surface area contributed by atoms with Gasteiger partial charge in [-0.1, -0.05) is 38.1 Å². The van der Waals surface area contributed by atoms with Crippen molar-refractivity contribution in [3.05, 3.63) is 35.4 Å². The van der Waals surface area contributed by atoms with E-state index >= 15 is 0 Å². The average molecular weight is 262 g/mol. The molecule has 0 fully saturated rings. The van der Waals surface area contributed by atoms with Crippen molar-refractivity contribution in [3.63, 3.8) is 0 Å². The monoisotopic (exact) mass is 262 g/mol. The molecule has 0 bridgehead atoms. The van der Waals surface area contributed by atoms with Gasteiger partial charge in [0.1, 0.15) is 0 Å². The van der Waals surface area contributed by atoms with Gasteiger partial charge in [0.15, 0.2) is 0 Å². The number of benzene rings is 1. The molecule has 3 N–H and O–H groups in total. The highest BCUT2D eigenvalue weighted by Gasteiger charge is 2.05. The van der Waals surface area contributed by atoms with Gasteiger partial charge in [0.25, 0.3) is 0 Å². The molecule has 1 aromatic rings. The number of primary amides is 1. The Morgan fingerprint density at radius 3 is 2.37 bits per heavy atom. The van der Waals surface area contributed by atoms with Gasteiger partial charge in [0.05, 0.1) is 0 Å². The average Bonchev–Trinajstić information content (AvgIpc) is 2.34. The highest BCUT2D eigenvalue weighted by molar-refractivity contribution is 5.73. The standard InChI is InChI=1S/C16H26N2O/c1-12(2)11-14-6-8-15(9-7-14)13(3)18-10-4-5-16(17)19/h6-9,12-13,18H,4-5,10-11H2,1-3H3,(H2,17,19). The summed E-state index contributed by atoms with van der Waals surface area (Å²) >= 11 is 0. The molecule has 106 valence electrons. The molecule has 0 saturated heterocycles. The number of nitrogens with two attached hydrogens (primary N) is 1. The van der Waals surface area contributed by atoms with E-state index in [-0.39, 0.29) is 5.91 Å². The molecule has 1 unspecified atom stereocenters. The van der Waals surface area contributed by atoms with Crippen LogP contribution in [0.4, 0.5) is 0 Å². The summed E-state index contributed by atoms with van der Waals surface area (Å²) < 4.78 is 0. The molecule has 0 spiro atoms. The van der Waals surface area contributed by atoms with Crippen LogP contribution in [0.15, 0.2) is 24.3 Å². The fourth-order valence-electron chi connectivity index (χ4n) is 2.11. The Morgan fingerprint density at radius 1 is 1.21 bits per heavy atom. The number of amides is 1. The first-order valence-electron chi connectivity index (χ1n) is 7.09. The Balaban J connectivity index is 2.39. The molecule has 1 aromatic carbocycles. The van der Waals surface area contributed by atoms with Crippen molar-refractivity contribution in [2.24, 2.45) is 11.7 Å². The maximum absolute atomic E-state index is 10.6. The zero-order chi connectivity index (χ0) is 14.3. The summed E-state index contributed by atoms with van der Waals surface area (Å²) in [6, 6.07) is 9.09. The first-order chi connectivity index (χ1) is 8.99. The zero-order valence-corrected chi connectivity index (χ0v) is 12.3. The summed E-state index contributed by atoms with van der Waals surface area (Å²) in [6.45, 7) is 7.42. The van der Waals surface area contributed by atoms with Crippen LogP contribution in [0.5, 0.6) is 0 Å². The SMILES string of the molecule is CC(C)Cc1ccc(C(C)NCCCC(N)=O)cc1. The van der Waals surface area contributed by atoms with Gasteiger partial charge in [-0.3, -0.25) is 4.79 Å². The van der Waals surface area contributed by atoms with Gasteiger partial charge in [-0.25, -0.2) is 0 Å². The highest BCUT2D eigenvalue weighted by atomic mass is 16.1. The van der Waals surface area contributed by atoms with Crippen molar-refractivity contribution in [1.82, 2.24) is 5.32 Å². The van der Waals surface area contributed by atoms with Crippen molar-refractivity contribution in [2.45, 2.75) is 46.1 Å². The van der Waals surface area contributed by atoms with Crippen LogP contribution in [0.1, 0.15) is 50.8 Å². The second kappa shape index (κ2) is 7.95. The molecule has 0 aliphatic carbocycles. The summed E-state index contributed by atoms with van der Waals surface area (Å²) in [5.74, 6) is 0.461. The maximum Gasteiger partial charge on any atom is 0.217 e. The molecular formula is C16H26N2O. The van der Waals surface area contributed by atoms with Crippen molar-refractivity contribution in [2.75, 3.05) is 6.54 Å². The molecule has 0 heterocycles. The molecule has 19 heavy (non-hydrogen) atoms. The van der Waals surface area contributed by atoms with Crippen molar-refractivity contribution in [3.8, 4) is 0 Å². The maximum atomic E-state index is 10.6. The van der Waals surface area contributed by atoms with E-state index in [0.717, 1.165) is 19.4 Å². The lowest BCUT2D eigenvalue weighted by Gasteiger charge is -2.15. The molecule has 0 aromatic heterocycles. The first-order valence-corrected chi connectivity index (χ1v) is 7.09. The number of carbonyl (C=O) groups excluding carboxylic acids is 1. The Bertz CT molecular complexity index is 384. The van der Waals surface area contributed by atoms with Gasteiger partial charge in [-0.15, -0.1) is 0 Å². The summed E-state index contributed by atoms with van der Waals surface area (Å²) in [5.41, 5.74) is 7.78. The lowest BCUT2D eigenvalue weighted by molar-refractivity contribution is -0.118. The zero-order valence-electron chi connectivity index (χ0n) is 12.3. The largest absolute Gasteiger partial charge is 0.370 e. The number of rotatable bonds is 8. The summed E-state index contributed by atoms with van der Waals surface area (Å²) in [5, 5.41) is 3.41. The minimum Gasteiger partial charge on any atom is -0.370 e. The van der Waals surface area contributed by atoms with Crippen LogP contribution < -0.4 is 11.1 Å². The fraction of sp³-hybridized carbons (Fsp3) is 0.562. The van der Waals surface area contributed by atoms with Crippen LogP contribution in [0.2, 0.25) is 0 Å². The molecule has 1 atom stereocenters. The van der Waals surface area contributed by atoms with Gasteiger partial charge in [-0.05, 0) is 43.4 Å². The number of nitrogens with one attached hydrogen (secondary N) is 1. The summed E-state index contributed by atoms with van der Waals surface area (Å²) in [6.07, 6.45) is 2.37. The van der Waals surface area contributed by atoms with Crippen LogP contribution >= 0.6 is 0 Å². The second-order valence-corrected chi connectivity index (χ2v) is 5.59. The van der Waals surface area contributed by atoms with Crippen LogP contribution in [0, 0.1) is 5.92 Å². The third-order valence-electron chi connectivity index (χ3n) is 3.17. The molecule has 3 nitrogen and oxygen atoms in total. The third kappa shape index (κ3) is 6.39. The molecule has 1 rings (SSSR count). The van der Waals surface area contributed by atoms with Crippen LogP contribution in [-0.2, 0) is 11.2 Å². The predicted octanol–water partition coefficient (Wildman–Crippen LogP) is 2.80. The second-order valence-electron chi connectivity index (χ2n) is 5.59. The van der Waals surface area contributed by atoms with Gasteiger partial charge >= 0.3 is 0 Å².